The monoisotopic (exact) mass is 543 g/mol. The number of anilines is 2. The maximum absolute atomic E-state index is 13.4. The van der Waals surface area contributed by atoms with Gasteiger partial charge in [-0.2, -0.15) is 0 Å². The van der Waals surface area contributed by atoms with Crippen LogP contribution in [0, 0.1) is 0 Å². The molecule has 0 aliphatic rings. The number of methoxy groups -OCH3 is 1. The van der Waals surface area contributed by atoms with Gasteiger partial charge in [0, 0.05) is 16.6 Å². The lowest BCUT2D eigenvalue weighted by Crippen LogP contribution is -2.15. The normalized spacial score (nSPS) is 11.2. The van der Waals surface area contributed by atoms with E-state index in [2.05, 4.69) is 10.0 Å². The molecule has 1 amide bonds. The van der Waals surface area contributed by atoms with Gasteiger partial charge in [-0.05, 0) is 72.8 Å². The number of aromatic nitrogens is 1. The van der Waals surface area contributed by atoms with Gasteiger partial charge in [0.1, 0.15) is 5.75 Å². The van der Waals surface area contributed by atoms with Crippen LogP contribution in [0.2, 0.25) is 5.02 Å². The van der Waals surface area contributed by atoms with E-state index in [-0.39, 0.29) is 16.5 Å². The van der Waals surface area contributed by atoms with Crippen LogP contribution in [-0.4, -0.2) is 26.4 Å². The van der Waals surface area contributed by atoms with E-state index in [0.717, 1.165) is 11.3 Å². The van der Waals surface area contributed by atoms with E-state index in [1.54, 1.807) is 37.4 Å². The highest BCUT2D eigenvalue weighted by atomic mass is 35.5. The number of carbonyl (C=O) groups excluding carboxylic acids is 1. The van der Waals surface area contributed by atoms with E-state index in [1.807, 2.05) is 48.5 Å². The van der Waals surface area contributed by atoms with E-state index < -0.39 is 10.0 Å². The number of hydrogen-bond acceptors (Lipinski definition) is 5. The number of nitrogens with zero attached hydrogens (tertiary/aromatic N) is 1. The predicted octanol–water partition coefficient (Wildman–Crippen LogP) is 6.62. The first kappa shape index (κ1) is 25.3. The Morgan fingerprint density at radius 1 is 0.868 bits per heavy atom. The zero-order valence-electron chi connectivity index (χ0n) is 20.2. The van der Waals surface area contributed by atoms with Crippen molar-refractivity contribution in [3.8, 4) is 17.0 Å². The van der Waals surface area contributed by atoms with Gasteiger partial charge >= 0.3 is 0 Å². The van der Waals surface area contributed by atoms with Gasteiger partial charge in [-0.3, -0.25) is 9.52 Å². The van der Waals surface area contributed by atoms with Crippen molar-refractivity contribution in [2.75, 3.05) is 17.1 Å². The van der Waals surface area contributed by atoms with Crippen molar-refractivity contribution >= 4 is 49.8 Å². The first-order valence-corrected chi connectivity index (χ1v) is 13.4. The van der Waals surface area contributed by atoms with E-state index >= 15 is 0 Å². The highest BCUT2D eigenvalue weighted by Crippen LogP contribution is 2.28. The van der Waals surface area contributed by atoms with Gasteiger partial charge in [0.25, 0.3) is 15.9 Å². The standard InChI is InChI=1S/C29H22ClN3O4S/c1-37-21-14-10-19(11-15-21)28-18-24(23-6-2-4-8-26(23)32-28)29(34)31-20-12-16-22(17-13-20)38(35,36)33-27-9-5-3-7-25(27)30/h2-18,33H,1H3,(H,31,34). The van der Waals surface area contributed by atoms with Crippen molar-refractivity contribution in [1.82, 2.24) is 4.98 Å². The first-order valence-electron chi connectivity index (χ1n) is 11.6. The molecule has 5 aromatic rings. The molecule has 9 heteroatoms. The van der Waals surface area contributed by atoms with Crippen LogP contribution in [0.25, 0.3) is 22.2 Å². The van der Waals surface area contributed by atoms with Gasteiger partial charge in [0.2, 0.25) is 0 Å². The molecule has 190 valence electrons. The van der Waals surface area contributed by atoms with Gasteiger partial charge < -0.3 is 10.1 Å². The van der Waals surface area contributed by atoms with Gasteiger partial charge in [0.15, 0.2) is 0 Å². The minimum absolute atomic E-state index is 0.0339. The number of pyridine rings is 1. The molecule has 0 fully saturated rings. The minimum Gasteiger partial charge on any atom is -0.497 e. The Morgan fingerprint density at radius 3 is 2.26 bits per heavy atom. The summed E-state index contributed by atoms with van der Waals surface area (Å²) in [7, 11) is -2.27. The largest absolute Gasteiger partial charge is 0.497 e. The van der Waals surface area contributed by atoms with Crippen molar-refractivity contribution in [3.63, 3.8) is 0 Å². The Balaban J connectivity index is 1.41. The summed E-state index contributed by atoms with van der Waals surface area (Å²) in [6.07, 6.45) is 0. The van der Waals surface area contributed by atoms with Crippen molar-refractivity contribution in [3.05, 3.63) is 114 Å². The van der Waals surface area contributed by atoms with Crippen molar-refractivity contribution in [1.29, 1.82) is 0 Å². The second-order valence-corrected chi connectivity index (χ2v) is 10.5. The van der Waals surface area contributed by atoms with Crippen LogP contribution in [0.4, 0.5) is 11.4 Å². The van der Waals surface area contributed by atoms with Gasteiger partial charge in [0.05, 0.1) is 39.5 Å². The molecular weight excluding hydrogens is 522 g/mol. The minimum atomic E-state index is -3.87. The number of fused-ring (bicyclic) bond motifs is 1. The molecule has 0 saturated carbocycles. The summed E-state index contributed by atoms with van der Waals surface area (Å²) in [4.78, 5) is 18.1. The summed E-state index contributed by atoms with van der Waals surface area (Å²) in [6, 6.07) is 29.1. The summed E-state index contributed by atoms with van der Waals surface area (Å²) in [5.41, 5.74) is 3.33. The number of sulfonamides is 1. The van der Waals surface area contributed by atoms with Crippen LogP contribution in [-0.2, 0) is 10.0 Å². The molecule has 0 aliphatic heterocycles. The highest BCUT2D eigenvalue weighted by Gasteiger charge is 2.17. The van der Waals surface area contributed by atoms with E-state index in [0.29, 0.717) is 32.9 Å². The zero-order chi connectivity index (χ0) is 26.7. The van der Waals surface area contributed by atoms with Crippen molar-refractivity contribution < 1.29 is 17.9 Å². The molecule has 1 heterocycles. The number of hydrogen-bond donors (Lipinski definition) is 2. The molecule has 0 aliphatic carbocycles. The van der Waals surface area contributed by atoms with Crippen LogP contribution >= 0.6 is 11.6 Å². The molecule has 5 rings (SSSR count). The fourth-order valence-corrected chi connectivity index (χ4v) is 5.26. The lowest BCUT2D eigenvalue weighted by atomic mass is 10.0. The molecule has 0 unspecified atom stereocenters. The maximum atomic E-state index is 13.4. The number of nitrogens with one attached hydrogen (secondary N) is 2. The lowest BCUT2D eigenvalue weighted by molar-refractivity contribution is 0.102. The molecule has 7 nitrogen and oxygen atoms in total. The summed E-state index contributed by atoms with van der Waals surface area (Å²) in [6.45, 7) is 0. The van der Waals surface area contributed by atoms with Crippen LogP contribution in [0.5, 0.6) is 5.75 Å². The van der Waals surface area contributed by atoms with Crippen LogP contribution < -0.4 is 14.8 Å². The molecular formula is C29H22ClN3O4S. The summed E-state index contributed by atoms with van der Waals surface area (Å²) in [5, 5.41) is 3.85. The Morgan fingerprint density at radius 2 is 1.55 bits per heavy atom. The van der Waals surface area contributed by atoms with Gasteiger partial charge in [-0.25, -0.2) is 13.4 Å². The van der Waals surface area contributed by atoms with E-state index in [4.69, 9.17) is 21.3 Å². The molecule has 0 radical (unpaired) electrons. The number of carbonyl (C=O) groups is 1. The number of ether oxygens (including phenoxy) is 1. The average Bonchev–Trinajstić information content (AvgIpc) is 2.94. The second-order valence-electron chi connectivity index (χ2n) is 8.36. The third-order valence-corrected chi connectivity index (χ3v) is 7.60. The Kier molecular flexibility index (Phi) is 7.00. The number of para-hydroxylation sites is 2. The van der Waals surface area contributed by atoms with Gasteiger partial charge in [-0.1, -0.05) is 41.9 Å². The maximum Gasteiger partial charge on any atom is 0.261 e. The molecule has 0 saturated heterocycles. The lowest BCUT2D eigenvalue weighted by Gasteiger charge is -2.12. The Labute approximate surface area is 225 Å². The first-order chi connectivity index (χ1) is 18.3. The highest BCUT2D eigenvalue weighted by molar-refractivity contribution is 7.92. The summed E-state index contributed by atoms with van der Waals surface area (Å²) in [5.74, 6) is 0.378. The number of benzene rings is 4. The van der Waals surface area contributed by atoms with Crippen LogP contribution in [0.3, 0.4) is 0 Å². The third-order valence-electron chi connectivity index (χ3n) is 5.89. The van der Waals surface area contributed by atoms with E-state index in [9.17, 15) is 13.2 Å². The van der Waals surface area contributed by atoms with Crippen LogP contribution in [0.1, 0.15) is 10.4 Å². The third kappa shape index (κ3) is 5.32. The SMILES string of the molecule is COc1ccc(-c2cc(C(=O)Nc3ccc(S(=O)(=O)Nc4ccccc4Cl)cc3)c3ccccc3n2)cc1. The molecule has 0 atom stereocenters. The second kappa shape index (κ2) is 10.5. The Hall–Kier alpha value is -4.40. The smallest absolute Gasteiger partial charge is 0.261 e. The number of rotatable bonds is 7. The predicted molar refractivity (Wildman–Crippen MR) is 150 cm³/mol. The quantitative estimate of drug-likeness (QED) is 0.240. The molecule has 38 heavy (non-hydrogen) atoms. The fourth-order valence-electron chi connectivity index (χ4n) is 3.94. The Bertz CT molecular complexity index is 1740. The van der Waals surface area contributed by atoms with Crippen molar-refractivity contribution in [2.24, 2.45) is 0 Å². The molecule has 0 bridgehead atoms. The average molecular weight is 544 g/mol. The van der Waals surface area contributed by atoms with E-state index in [1.165, 1.54) is 24.3 Å². The van der Waals surface area contributed by atoms with Crippen molar-refractivity contribution in [2.45, 2.75) is 4.90 Å². The zero-order valence-corrected chi connectivity index (χ0v) is 21.8. The fraction of sp³-hybridized carbons (Fsp3) is 0.0345. The summed E-state index contributed by atoms with van der Waals surface area (Å²) < 4.78 is 33.3. The molecule has 1 aromatic heterocycles. The molecule has 0 spiro atoms. The molecule has 2 N–H and O–H groups in total. The van der Waals surface area contributed by atoms with Crippen LogP contribution in [0.15, 0.2) is 108 Å². The summed E-state index contributed by atoms with van der Waals surface area (Å²) >= 11 is 6.08. The molecule has 4 aromatic carbocycles. The topological polar surface area (TPSA) is 97.4 Å². The number of amides is 1. The van der Waals surface area contributed by atoms with Gasteiger partial charge in [-0.15, -0.1) is 0 Å². The number of halogens is 1.